The highest BCUT2D eigenvalue weighted by Gasteiger charge is 2.24. The molecule has 0 bridgehead atoms. The minimum Gasteiger partial charge on any atom is -0.384 e. The average Bonchev–Trinajstić information content (AvgIpc) is 3.05. The minimum absolute atomic E-state index is 0.990. The topological polar surface area (TPSA) is 15.3 Å². The lowest BCUT2D eigenvalue weighted by Crippen LogP contribution is -2.26. The van der Waals surface area contributed by atoms with Crippen molar-refractivity contribution in [1.29, 1.82) is 0 Å². The molecule has 0 atom stereocenters. The molecule has 1 saturated carbocycles. The van der Waals surface area contributed by atoms with Crippen molar-refractivity contribution in [1.82, 2.24) is 4.90 Å². The van der Waals surface area contributed by atoms with Gasteiger partial charge in [-0.3, -0.25) is 4.90 Å². The second-order valence-corrected chi connectivity index (χ2v) is 5.85. The van der Waals surface area contributed by atoms with Crippen LogP contribution in [0.25, 0.3) is 0 Å². The first kappa shape index (κ1) is 12.0. The number of benzene rings is 1. The highest BCUT2D eigenvalue weighted by atomic mass is 15.1. The number of hydrogen-bond donors (Lipinski definition) is 1. The Morgan fingerprint density at radius 2 is 2.22 bits per heavy atom. The van der Waals surface area contributed by atoms with Crippen molar-refractivity contribution in [2.75, 3.05) is 25.0 Å². The van der Waals surface area contributed by atoms with Gasteiger partial charge in [0.25, 0.3) is 0 Å². The molecule has 1 aliphatic heterocycles. The van der Waals surface area contributed by atoms with Crippen LogP contribution >= 0.6 is 0 Å². The molecule has 18 heavy (non-hydrogen) atoms. The van der Waals surface area contributed by atoms with Crippen LogP contribution in [0, 0.1) is 5.92 Å². The number of nitrogens with zero attached hydrogens (tertiary/aromatic N) is 1. The summed E-state index contributed by atoms with van der Waals surface area (Å²) in [6, 6.07) is 6.99. The standard InChI is InChI=1S/C16H24N2/c1-2-9-18(11-13-3-4-13)12-14-5-6-15-7-8-17-16(15)10-14/h5-6,10,13,17H,2-4,7-9,11-12H2,1H3. The number of hydrogen-bond acceptors (Lipinski definition) is 2. The smallest absolute Gasteiger partial charge is 0.0376 e. The van der Waals surface area contributed by atoms with E-state index >= 15 is 0 Å². The van der Waals surface area contributed by atoms with Gasteiger partial charge in [-0.15, -0.1) is 0 Å². The van der Waals surface area contributed by atoms with Gasteiger partial charge in [-0.2, -0.15) is 0 Å². The van der Waals surface area contributed by atoms with Gasteiger partial charge in [-0.1, -0.05) is 19.1 Å². The lowest BCUT2D eigenvalue weighted by molar-refractivity contribution is 0.255. The summed E-state index contributed by atoms with van der Waals surface area (Å²) in [5.41, 5.74) is 4.33. The Hall–Kier alpha value is -1.02. The molecule has 2 heteroatoms. The number of fused-ring (bicyclic) bond motifs is 1. The largest absolute Gasteiger partial charge is 0.384 e. The summed E-state index contributed by atoms with van der Waals surface area (Å²) in [4.78, 5) is 2.63. The van der Waals surface area contributed by atoms with Gasteiger partial charge < -0.3 is 5.32 Å². The number of rotatable bonds is 6. The van der Waals surface area contributed by atoms with Crippen molar-refractivity contribution in [2.24, 2.45) is 5.92 Å². The lowest BCUT2D eigenvalue weighted by atomic mass is 10.1. The van der Waals surface area contributed by atoms with Crippen LogP contribution in [0.2, 0.25) is 0 Å². The van der Waals surface area contributed by atoms with Crippen LogP contribution in [0.1, 0.15) is 37.3 Å². The summed E-state index contributed by atoms with van der Waals surface area (Å²) in [5.74, 6) is 0.990. The van der Waals surface area contributed by atoms with Crippen molar-refractivity contribution in [3.05, 3.63) is 29.3 Å². The molecule has 1 heterocycles. The van der Waals surface area contributed by atoms with Gasteiger partial charge in [0.05, 0.1) is 0 Å². The van der Waals surface area contributed by atoms with E-state index in [4.69, 9.17) is 0 Å². The molecule has 0 amide bonds. The van der Waals surface area contributed by atoms with E-state index in [0.29, 0.717) is 0 Å². The number of anilines is 1. The van der Waals surface area contributed by atoms with E-state index in [1.807, 2.05) is 0 Å². The van der Waals surface area contributed by atoms with Crippen LogP contribution in [0.4, 0.5) is 5.69 Å². The van der Waals surface area contributed by atoms with Gasteiger partial charge in [-0.05, 0) is 55.3 Å². The minimum atomic E-state index is 0.990. The molecule has 2 nitrogen and oxygen atoms in total. The van der Waals surface area contributed by atoms with Crippen molar-refractivity contribution in [3.8, 4) is 0 Å². The second kappa shape index (κ2) is 5.31. The zero-order chi connectivity index (χ0) is 12.4. The summed E-state index contributed by atoms with van der Waals surface area (Å²) in [5, 5.41) is 3.48. The molecule has 0 saturated heterocycles. The molecule has 0 aromatic heterocycles. The molecule has 1 aromatic rings. The van der Waals surface area contributed by atoms with Crippen LogP contribution in [-0.4, -0.2) is 24.5 Å². The first-order valence-electron chi connectivity index (χ1n) is 7.43. The van der Waals surface area contributed by atoms with Crippen molar-refractivity contribution < 1.29 is 0 Å². The Kier molecular flexibility index (Phi) is 3.55. The molecule has 0 spiro atoms. The fourth-order valence-corrected chi connectivity index (χ4v) is 2.91. The molecule has 2 aliphatic rings. The van der Waals surface area contributed by atoms with E-state index in [9.17, 15) is 0 Å². The van der Waals surface area contributed by atoms with Gasteiger partial charge >= 0.3 is 0 Å². The number of nitrogens with one attached hydrogen (secondary N) is 1. The quantitative estimate of drug-likeness (QED) is 0.826. The lowest BCUT2D eigenvalue weighted by Gasteiger charge is -2.22. The second-order valence-electron chi connectivity index (χ2n) is 5.85. The van der Waals surface area contributed by atoms with Gasteiger partial charge in [0.2, 0.25) is 0 Å². The van der Waals surface area contributed by atoms with Crippen molar-refractivity contribution >= 4 is 5.69 Å². The molecule has 1 fully saturated rings. The summed E-state index contributed by atoms with van der Waals surface area (Å²) in [6.07, 6.45) is 5.35. The van der Waals surface area contributed by atoms with Crippen LogP contribution in [0.15, 0.2) is 18.2 Å². The van der Waals surface area contributed by atoms with Crippen LogP contribution in [0.5, 0.6) is 0 Å². The molecule has 1 aromatic carbocycles. The first-order chi connectivity index (χ1) is 8.85. The summed E-state index contributed by atoms with van der Waals surface area (Å²) in [7, 11) is 0. The average molecular weight is 244 g/mol. The maximum absolute atomic E-state index is 3.48. The Bertz CT molecular complexity index is 410. The third kappa shape index (κ3) is 2.86. The molecule has 3 rings (SSSR count). The highest BCUT2D eigenvalue weighted by molar-refractivity contribution is 5.56. The molecule has 98 valence electrons. The Morgan fingerprint density at radius 1 is 1.33 bits per heavy atom. The van der Waals surface area contributed by atoms with E-state index in [0.717, 1.165) is 19.0 Å². The maximum Gasteiger partial charge on any atom is 0.0376 e. The predicted octanol–water partition coefficient (Wildman–Crippen LogP) is 3.28. The van der Waals surface area contributed by atoms with Crippen LogP contribution in [0.3, 0.4) is 0 Å². The van der Waals surface area contributed by atoms with Crippen LogP contribution < -0.4 is 5.32 Å². The Labute approximate surface area is 110 Å². The van der Waals surface area contributed by atoms with E-state index in [1.54, 1.807) is 0 Å². The Balaban J connectivity index is 1.65. The van der Waals surface area contributed by atoms with E-state index in [2.05, 4.69) is 35.3 Å². The monoisotopic (exact) mass is 244 g/mol. The SMILES string of the molecule is CCCN(Cc1ccc2c(c1)NCC2)CC1CC1. The molecular weight excluding hydrogens is 220 g/mol. The molecule has 1 aliphatic carbocycles. The van der Waals surface area contributed by atoms with Crippen LogP contribution in [-0.2, 0) is 13.0 Å². The zero-order valence-electron chi connectivity index (χ0n) is 11.4. The zero-order valence-corrected chi connectivity index (χ0v) is 11.4. The molecule has 0 unspecified atom stereocenters. The molecule has 1 N–H and O–H groups in total. The third-order valence-corrected chi connectivity index (χ3v) is 4.04. The Morgan fingerprint density at radius 3 is 3.00 bits per heavy atom. The normalized spacial score (nSPS) is 17.9. The predicted molar refractivity (Wildman–Crippen MR) is 76.9 cm³/mol. The van der Waals surface area contributed by atoms with Gasteiger partial charge in [0.15, 0.2) is 0 Å². The van der Waals surface area contributed by atoms with Gasteiger partial charge in [0.1, 0.15) is 0 Å². The fourth-order valence-electron chi connectivity index (χ4n) is 2.91. The van der Waals surface area contributed by atoms with Gasteiger partial charge in [0, 0.05) is 25.3 Å². The highest BCUT2D eigenvalue weighted by Crippen LogP contribution is 2.30. The third-order valence-electron chi connectivity index (χ3n) is 4.04. The first-order valence-corrected chi connectivity index (χ1v) is 7.43. The summed E-state index contributed by atoms with van der Waals surface area (Å²) >= 11 is 0. The van der Waals surface area contributed by atoms with E-state index in [1.165, 1.54) is 55.6 Å². The molecule has 0 radical (unpaired) electrons. The summed E-state index contributed by atoms with van der Waals surface area (Å²) in [6.45, 7) is 7.06. The van der Waals surface area contributed by atoms with Crippen molar-refractivity contribution in [2.45, 2.75) is 39.2 Å². The van der Waals surface area contributed by atoms with Gasteiger partial charge in [-0.25, -0.2) is 0 Å². The molecular formula is C16H24N2. The van der Waals surface area contributed by atoms with E-state index in [-0.39, 0.29) is 0 Å². The van der Waals surface area contributed by atoms with E-state index < -0.39 is 0 Å². The van der Waals surface area contributed by atoms with Crippen molar-refractivity contribution in [3.63, 3.8) is 0 Å². The fraction of sp³-hybridized carbons (Fsp3) is 0.625. The maximum atomic E-state index is 3.48. The summed E-state index contributed by atoms with van der Waals surface area (Å²) < 4.78 is 0.